The Morgan fingerprint density at radius 1 is 1.27 bits per heavy atom. The molecule has 0 bridgehead atoms. The van der Waals surface area contributed by atoms with Crippen molar-refractivity contribution in [3.05, 3.63) is 53.4 Å². The summed E-state index contributed by atoms with van der Waals surface area (Å²) in [6.07, 6.45) is 1.50. The number of carboxylic acids is 1. The normalized spacial score (nSPS) is 12.3. The predicted octanol–water partition coefficient (Wildman–Crippen LogP) is 4.44. The summed E-state index contributed by atoms with van der Waals surface area (Å²) in [6, 6.07) is 10.4. The van der Waals surface area contributed by atoms with Crippen molar-refractivity contribution in [1.29, 1.82) is 0 Å². The number of hydrogen-bond acceptors (Lipinski definition) is 4. The molecule has 3 aromatic rings. The monoisotopic (exact) mass is 317 g/mol. The van der Waals surface area contributed by atoms with E-state index < -0.39 is 11.9 Å². The van der Waals surface area contributed by atoms with Crippen molar-refractivity contribution in [3.63, 3.8) is 0 Å². The summed E-state index contributed by atoms with van der Waals surface area (Å²) in [7, 11) is 0. The van der Waals surface area contributed by atoms with Gasteiger partial charge in [-0.2, -0.15) is 0 Å². The Hall–Kier alpha value is -2.53. The first-order chi connectivity index (χ1) is 10.6. The minimum Gasteiger partial charge on any atom is -0.481 e. The van der Waals surface area contributed by atoms with Crippen molar-refractivity contribution in [2.45, 2.75) is 12.8 Å². The second kappa shape index (κ2) is 5.69. The number of aromatic nitrogens is 1. The Labute approximate surface area is 131 Å². The Morgan fingerprint density at radius 3 is 2.59 bits per heavy atom. The molecule has 1 N–H and O–H groups in total. The molecular weight excluding hydrogens is 306 g/mol. The summed E-state index contributed by atoms with van der Waals surface area (Å²) >= 11 is 5.87. The molecule has 3 rings (SSSR count). The number of carboxylic acid groups (broad SMARTS) is 1. The molecule has 112 valence electrons. The molecule has 1 atom stereocenters. The highest BCUT2D eigenvalue weighted by Crippen LogP contribution is 2.34. The molecule has 22 heavy (non-hydrogen) atoms. The molecular formula is C16H12ClNO4. The van der Waals surface area contributed by atoms with Crippen LogP contribution in [0.5, 0.6) is 0 Å². The van der Waals surface area contributed by atoms with E-state index in [1.807, 2.05) is 0 Å². The minimum absolute atomic E-state index is 0.324. The molecule has 0 fully saturated rings. The fourth-order valence-electron chi connectivity index (χ4n) is 2.04. The molecule has 0 saturated carbocycles. The van der Waals surface area contributed by atoms with Gasteiger partial charge < -0.3 is 13.9 Å². The van der Waals surface area contributed by atoms with Gasteiger partial charge in [0.2, 0.25) is 5.89 Å². The number of hydrogen-bond donors (Lipinski definition) is 1. The van der Waals surface area contributed by atoms with E-state index in [0.717, 1.165) is 0 Å². The lowest BCUT2D eigenvalue weighted by Crippen LogP contribution is -2.08. The van der Waals surface area contributed by atoms with Gasteiger partial charge in [-0.15, -0.1) is 0 Å². The zero-order valence-corrected chi connectivity index (χ0v) is 12.4. The van der Waals surface area contributed by atoms with E-state index >= 15 is 0 Å². The molecule has 2 aromatic heterocycles. The third-order valence-corrected chi connectivity index (χ3v) is 3.52. The van der Waals surface area contributed by atoms with Gasteiger partial charge in [0.25, 0.3) is 0 Å². The van der Waals surface area contributed by atoms with Crippen molar-refractivity contribution in [3.8, 4) is 23.0 Å². The second-order valence-electron chi connectivity index (χ2n) is 4.78. The lowest BCUT2D eigenvalue weighted by atomic mass is 10.1. The minimum atomic E-state index is -0.983. The Morgan fingerprint density at radius 2 is 2.00 bits per heavy atom. The highest BCUT2D eigenvalue weighted by molar-refractivity contribution is 6.30. The largest absolute Gasteiger partial charge is 0.481 e. The van der Waals surface area contributed by atoms with E-state index in [0.29, 0.717) is 33.7 Å². The summed E-state index contributed by atoms with van der Waals surface area (Å²) in [5.41, 5.74) is 1.04. The molecule has 6 heteroatoms. The summed E-state index contributed by atoms with van der Waals surface area (Å²) < 4.78 is 11.1. The lowest BCUT2D eigenvalue weighted by molar-refractivity contribution is -0.138. The van der Waals surface area contributed by atoms with Crippen LogP contribution in [0.3, 0.4) is 0 Å². The zero-order valence-electron chi connectivity index (χ0n) is 11.6. The van der Waals surface area contributed by atoms with Gasteiger partial charge in [-0.25, -0.2) is 4.98 Å². The van der Waals surface area contributed by atoms with Gasteiger partial charge in [0, 0.05) is 10.6 Å². The molecule has 0 radical (unpaired) electrons. The number of rotatable bonds is 4. The smallest absolute Gasteiger partial charge is 0.312 e. The van der Waals surface area contributed by atoms with E-state index in [-0.39, 0.29) is 0 Å². The van der Waals surface area contributed by atoms with Crippen LogP contribution in [0.1, 0.15) is 18.5 Å². The third-order valence-electron chi connectivity index (χ3n) is 3.27. The number of aliphatic carboxylic acids is 1. The Bertz CT molecular complexity index is 790. The standard InChI is InChI=1S/C16H12ClNO4/c1-9(16(19)20)13-14(12-3-2-8-21-12)22-15(18-13)10-4-6-11(17)7-5-10/h2-9H,1H3,(H,19,20). The van der Waals surface area contributed by atoms with Gasteiger partial charge in [-0.05, 0) is 43.3 Å². The van der Waals surface area contributed by atoms with Crippen LogP contribution in [0.25, 0.3) is 23.0 Å². The second-order valence-corrected chi connectivity index (χ2v) is 5.21. The summed E-state index contributed by atoms with van der Waals surface area (Å²) in [5, 5.41) is 9.84. The maximum absolute atomic E-state index is 11.3. The summed E-state index contributed by atoms with van der Waals surface area (Å²) in [6.45, 7) is 1.55. The van der Waals surface area contributed by atoms with E-state index in [4.69, 9.17) is 20.4 Å². The Kier molecular flexibility index (Phi) is 3.73. The number of carbonyl (C=O) groups is 1. The van der Waals surface area contributed by atoms with Crippen molar-refractivity contribution < 1.29 is 18.7 Å². The molecule has 1 unspecified atom stereocenters. The number of nitrogens with zero attached hydrogens (tertiary/aromatic N) is 1. The van der Waals surface area contributed by atoms with Crippen LogP contribution >= 0.6 is 11.6 Å². The molecule has 0 aliphatic rings. The number of oxazole rings is 1. The van der Waals surface area contributed by atoms with Crippen LogP contribution < -0.4 is 0 Å². The van der Waals surface area contributed by atoms with Crippen LogP contribution in [0, 0.1) is 0 Å². The van der Waals surface area contributed by atoms with Gasteiger partial charge in [0.1, 0.15) is 11.6 Å². The number of benzene rings is 1. The topological polar surface area (TPSA) is 76.5 Å². The first-order valence-corrected chi connectivity index (χ1v) is 6.97. The maximum Gasteiger partial charge on any atom is 0.312 e. The molecule has 2 heterocycles. The molecule has 1 aromatic carbocycles. The lowest BCUT2D eigenvalue weighted by Gasteiger charge is -2.02. The zero-order chi connectivity index (χ0) is 15.7. The van der Waals surface area contributed by atoms with Crippen LogP contribution in [-0.4, -0.2) is 16.1 Å². The maximum atomic E-state index is 11.3. The van der Waals surface area contributed by atoms with Crippen LogP contribution in [-0.2, 0) is 4.79 Å². The molecule has 0 saturated heterocycles. The van der Waals surface area contributed by atoms with E-state index in [2.05, 4.69) is 4.98 Å². The molecule has 0 amide bonds. The summed E-state index contributed by atoms with van der Waals surface area (Å²) in [5.74, 6) is -0.708. The van der Waals surface area contributed by atoms with Crippen LogP contribution in [0.15, 0.2) is 51.5 Å². The quantitative estimate of drug-likeness (QED) is 0.769. The molecule has 0 spiro atoms. The van der Waals surface area contributed by atoms with Crippen LogP contribution in [0.4, 0.5) is 0 Å². The average Bonchev–Trinajstić information content (AvgIpc) is 3.16. The van der Waals surface area contributed by atoms with Crippen molar-refractivity contribution in [2.24, 2.45) is 0 Å². The fraction of sp³-hybridized carbons (Fsp3) is 0.125. The van der Waals surface area contributed by atoms with Gasteiger partial charge in [0.15, 0.2) is 11.5 Å². The van der Waals surface area contributed by atoms with Crippen molar-refractivity contribution in [1.82, 2.24) is 4.98 Å². The van der Waals surface area contributed by atoms with E-state index in [1.54, 1.807) is 43.3 Å². The molecule has 5 nitrogen and oxygen atoms in total. The molecule has 0 aliphatic carbocycles. The van der Waals surface area contributed by atoms with Crippen LogP contribution in [0.2, 0.25) is 5.02 Å². The van der Waals surface area contributed by atoms with Crippen molar-refractivity contribution >= 4 is 17.6 Å². The first kappa shape index (κ1) is 14.4. The highest BCUT2D eigenvalue weighted by atomic mass is 35.5. The third kappa shape index (κ3) is 2.63. The fourth-order valence-corrected chi connectivity index (χ4v) is 2.17. The molecule has 0 aliphatic heterocycles. The van der Waals surface area contributed by atoms with E-state index in [9.17, 15) is 9.90 Å². The van der Waals surface area contributed by atoms with Gasteiger partial charge in [-0.1, -0.05) is 11.6 Å². The Balaban J connectivity index is 2.12. The average molecular weight is 318 g/mol. The van der Waals surface area contributed by atoms with E-state index in [1.165, 1.54) is 6.26 Å². The SMILES string of the molecule is CC(C(=O)O)c1nc(-c2ccc(Cl)cc2)oc1-c1ccco1. The van der Waals surface area contributed by atoms with Gasteiger partial charge >= 0.3 is 5.97 Å². The van der Waals surface area contributed by atoms with Gasteiger partial charge in [-0.3, -0.25) is 4.79 Å². The summed E-state index contributed by atoms with van der Waals surface area (Å²) in [4.78, 5) is 15.6. The predicted molar refractivity (Wildman–Crippen MR) is 80.7 cm³/mol. The number of halogens is 1. The van der Waals surface area contributed by atoms with Gasteiger partial charge in [0.05, 0.1) is 6.26 Å². The first-order valence-electron chi connectivity index (χ1n) is 6.59. The number of furan rings is 1. The van der Waals surface area contributed by atoms with Crippen molar-refractivity contribution in [2.75, 3.05) is 0 Å². The highest BCUT2D eigenvalue weighted by Gasteiger charge is 2.26.